The predicted octanol–water partition coefficient (Wildman–Crippen LogP) is 9.58. The maximum atomic E-state index is 5.25. The van der Waals surface area contributed by atoms with E-state index in [4.69, 9.17) is 9.97 Å². The lowest BCUT2D eigenvalue weighted by Crippen LogP contribution is -1.97. The van der Waals surface area contributed by atoms with Gasteiger partial charge in [-0.2, -0.15) is 0 Å². The predicted molar refractivity (Wildman–Crippen MR) is 160 cm³/mol. The van der Waals surface area contributed by atoms with Gasteiger partial charge in [-0.25, -0.2) is 9.97 Å². The van der Waals surface area contributed by atoms with Crippen molar-refractivity contribution in [3.8, 4) is 22.5 Å². The summed E-state index contributed by atoms with van der Waals surface area (Å²) in [5.41, 5.74) is 5.78. The van der Waals surface area contributed by atoms with Crippen molar-refractivity contribution in [2.45, 2.75) is 0 Å². The van der Waals surface area contributed by atoms with Crippen LogP contribution in [0.25, 0.3) is 76.6 Å². The highest BCUT2D eigenvalue weighted by Crippen LogP contribution is 2.42. The molecule has 0 atom stereocenters. The standard InChI is InChI=1S/C36H22N2/c1-2-11-24(12-3-1)35-36(38-33-17-9-8-16-32(33)37-35)31-22-25-13-5-7-15-27(25)34-29-19-18-23-10-4-6-14-26(23)28(29)20-21-30(31)34/h1-22H. The van der Waals surface area contributed by atoms with Gasteiger partial charge >= 0.3 is 0 Å². The largest absolute Gasteiger partial charge is 0.244 e. The maximum absolute atomic E-state index is 5.25. The number of rotatable bonds is 2. The highest BCUT2D eigenvalue weighted by atomic mass is 14.8. The zero-order valence-electron chi connectivity index (χ0n) is 20.6. The number of nitrogens with zero attached hydrogens (tertiary/aromatic N) is 2. The maximum Gasteiger partial charge on any atom is 0.0979 e. The van der Waals surface area contributed by atoms with Crippen LogP contribution in [0.4, 0.5) is 0 Å². The molecule has 0 aliphatic heterocycles. The highest BCUT2D eigenvalue weighted by Gasteiger charge is 2.18. The minimum atomic E-state index is 0.898. The van der Waals surface area contributed by atoms with Gasteiger partial charge in [0.1, 0.15) is 0 Å². The number of benzene rings is 7. The first-order valence-corrected chi connectivity index (χ1v) is 12.9. The van der Waals surface area contributed by atoms with Crippen molar-refractivity contribution in [2.24, 2.45) is 0 Å². The molecule has 0 fully saturated rings. The molecule has 0 unspecified atom stereocenters. The Kier molecular flexibility index (Phi) is 4.55. The SMILES string of the molecule is c1ccc(-c2nc3ccccc3nc2-c2cc3ccccc3c3c2ccc2c4ccccc4ccc23)cc1. The summed E-state index contributed by atoms with van der Waals surface area (Å²) in [4.78, 5) is 10.4. The number of aromatic nitrogens is 2. The van der Waals surface area contributed by atoms with Gasteiger partial charge in [0.15, 0.2) is 0 Å². The molecule has 0 saturated heterocycles. The van der Waals surface area contributed by atoms with E-state index in [1.54, 1.807) is 0 Å². The molecule has 176 valence electrons. The van der Waals surface area contributed by atoms with E-state index in [2.05, 4.69) is 103 Å². The Morgan fingerprint density at radius 3 is 1.79 bits per heavy atom. The highest BCUT2D eigenvalue weighted by molar-refractivity contribution is 6.27. The van der Waals surface area contributed by atoms with Gasteiger partial charge in [0.05, 0.1) is 22.4 Å². The van der Waals surface area contributed by atoms with Crippen LogP contribution < -0.4 is 0 Å². The summed E-state index contributed by atoms with van der Waals surface area (Å²) < 4.78 is 0. The van der Waals surface area contributed by atoms with E-state index in [1.165, 1.54) is 43.1 Å². The fourth-order valence-electron chi connectivity index (χ4n) is 5.87. The Labute approximate surface area is 219 Å². The molecular weight excluding hydrogens is 460 g/mol. The van der Waals surface area contributed by atoms with E-state index >= 15 is 0 Å². The third kappa shape index (κ3) is 3.14. The molecule has 0 radical (unpaired) electrons. The first-order chi connectivity index (χ1) is 18.8. The van der Waals surface area contributed by atoms with E-state index in [1.807, 2.05) is 30.3 Å². The Balaban J connectivity index is 1.56. The Morgan fingerprint density at radius 2 is 0.974 bits per heavy atom. The van der Waals surface area contributed by atoms with Crippen LogP contribution in [0.1, 0.15) is 0 Å². The molecule has 8 rings (SSSR count). The number of para-hydroxylation sites is 2. The molecule has 0 amide bonds. The third-order valence-electron chi connectivity index (χ3n) is 7.62. The normalized spacial score (nSPS) is 11.7. The Bertz CT molecular complexity index is 2180. The second-order valence-corrected chi connectivity index (χ2v) is 9.79. The summed E-state index contributed by atoms with van der Waals surface area (Å²) in [7, 11) is 0. The van der Waals surface area contributed by atoms with Gasteiger partial charge in [0.2, 0.25) is 0 Å². The zero-order chi connectivity index (χ0) is 25.1. The average molecular weight is 483 g/mol. The van der Waals surface area contributed by atoms with Crippen molar-refractivity contribution in [1.82, 2.24) is 9.97 Å². The van der Waals surface area contributed by atoms with Crippen LogP contribution in [-0.4, -0.2) is 9.97 Å². The lowest BCUT2D eigenvalue weighted by Gasteiger charge is -2.16. The first-order valence-electron chi connectivity index (χ1n) is 12.9. The van der Waals surface area contributed by atoms with Gasteiger partial charge in [-0.05, 0) is 61.3 Å². The van der Waals surface area contributed by atoms with Gasteiger partial charge in [-0.15, -0.1) is 0 Å². The van der Waals surface area contributed by atoms with E-state index < -0.39 is 0 Å². The fourth-order valence-corrected chi connectivity index (χ4v) is 5.87. The summed E-state index contributed by atoms with van der Waals surface area (Å²) in [6.45, 7) is 0. The second-order valence-electron chi connectivity index (χ2n) is 9.79. The molecule has 0 saturated carbocycles. The number of hydrogen-bond acceptors (Lipinski definition) is 2. The topological polar surface area (TPSA) is 25.8 Å². The van der Waals surface area contributed by atoms with Crippen LogP contribution in [0.3, 0.4) is 0 Å². The Morgan fingerprint density at radius 1 is 0.368 bits per heavy atom. The van der Waals surface area contributed by atoms with E-state index in [0.717, 1.165) is 33.5 Å². The summed E-state index contributed by atoms with van der Waals surface area (Å²) >= 11 is 0. The zero-order valence-corrected chi connectivity index (χ0v) is 20.6. The van der Waals surface area contributed by atoms with Crippen molar-refractivity contribution in [2.75, 3.05) is 0 Å². The minimum Gasteiger partial charge on any atom is -0.244 e. The number of hydrogen-bond donors (Lipinski definition) is 0. The second kappa shape index (κ2) is 8.22. The van der Waals surface area contributed by atoms with E-state index in [9.17, 15) is 0 Å². The van der Waals surface area contributed by atoms with Crippen molar-refractivity contribution in [1.29, 1.82) is 0 Å². The van der Waals surface area contributed by atoms with Gasteiger partial charge in [-0.3, -0.25) is 0 Å². The lowest BCUT2D eigenvalue weighted by atomic mass is 9.89. The van der Waals surface area contributed by atoms with Crippen LogP contribution >= 0.6 is 0 Å². The first kappa shape index (κ1) is 21.0. The molecule has 0 aliphatic carbocycles. The van der Waals surface area contributed by atoms with Crippen LogP contribution in [0, 0.1) is 0 Å². The van der Waals surface area contributed by atoms with Crippen molar-refractivity contribution < 1.29 is 0 Å². The molecule has 1 aromatic heterocycles. The third-order valence-corrected chi connectivity index (χ3v) is 7.62. The average Bonchev–Trinajstić information content (AvgIpc) is 3.00. The van der Waals surface area contributed by atoms with Crippen molar-refractivity contribution in [3.05, 3.63) is 133 Å². The molecule has 2 nitrogen and oxygen atoms in total. The van der Waals surface area contributed by atoms with Gasteiger partial charge in [-0.1, -0.05) is 115 Å². The molecule has 8 aromatic rings. The van der Waals surface area contributed by atoms with E-state index in [-0.39, 0.29) is 0 Å². The molecular formula is C36H22N2. The minimum absolute atomic E-state index is 0.898. The summed E-state index contributed by atoms with van der Waals surface area (Å²) in [5, 5.41) is 9.96. The van der Waals surface area contributed by atoms with Crippen LogP contribution in [0.2, 0.25) is 0 Å². The fraction of sp³-hybridized carbons (Fsp3) is 0. The summed E-state index contributed by atoms with van der Waals surface area (Å²) in [5.74, 6) is 0. The van der Waals surface area contributed by atoms with Gasteiger partial charge < -0.3 is 0 Å². The molecule has 0 spiro atoms. The van der Waals surface area contributed by atoms with Gasteiger partial charge in [0, 0.05) is 11.1 Å². The van der Waals surface area contributed by atoms with Crippen LogP contribution in [0.15, 0.2) is 133 Å². The molecule has 1 heterocycles. The molecule has 0 bridgehead atoms. The summed E-state index contributed by atoms with van der Waals surface area (Å²) in [6.07, 6.45) is 0. The monoisotopic (exact) mass is 482 g/mol. The van der Waals surface area contributed by atoms with Crippen molar-refractivity contribution >= 4 is 54.1 Å². The van der Waals surface area contributed by atoms with Crippen molar-refractivity contribution in [3.63, 3.8) is 0 Å². The Hall–Kier alpha value is -5.08. The summed E-state index contributed by atoms with van der Waals surface area (Å²) in [6, 6.07) is 47.2. The molecule has 0 aliphatic rings. The van der Waals surface area contributed by atoms with E-state index in [0.29, 0.717) is 0 Å². The van der Waals surface area contributed by atoms with Gasteiger partial charge in [0.25, 0.3) is 0 Å². The molecule has 2 heteroatoms. The van der Waals surface area contributed by atoms with Crippen LogP contribution in [-0.2, 0) is 0 Å². The molecule has 0 N–H and O–H groups in total. The molecule has 38 heavy (non-hydrogen) atoms. The van der Waals surface area contributed by atoms with Crippen LogP contribution in [0.5, 0.6) is 0 Å². The quantitative estimate of drug-likeness (QED) is 0.229. The molecule has 7 aromatic carbocycles. The smallest absolute Gasteiger partial charge is 0.0979 e. The lowest BCUT2D eigenvalue weighted by molar-refractivity contribution is 1.30. The number of fused-ring (bicyclic) bond motifs is 8.